The molecule has 0 bridgehead atoms. The molecule has 0 unspecified atom stereocenters. The zero-order chi connectivity index (χ0) is 36.0. The maximum atomic E-state index is 17.6. The second-order valence-corrected chi connectivity index (χ2v) is 15.6. The summed E-state index contributed by atoms with van der Waals surface area (Å²) in [6.07, 6.45) is -0.781. The van der Waals surface area contributed by atoms with Gasteiger partial charge in [0.1, 0.15) is 18.5 Å². The number of methoxy groups -OCH3 is 1. The van der Waals surface area contributed by atoms with Crippen LogP contribution in [0.2, 0.25) is 0 Å². The van der Waals surface area contributed by atoms with Gasteiger partial charge in [0, 0.05) is 35.4 Å². The molecule has 1 aliphatic heterocycles. The van der Waals surface area contributed by atoms with Crippen molar-refractivity contribution < 1.29 is 42.8 Å². The molecule has 10 atom stereocenters. The number of aliphatic hydroxyl groups is 2. The molecule has 3 saturated carbocycles. The fourth-order valence-electron chi connectivity index (χ4n) is 10.1. The number of Topliss-reactive ketones (excluding diaryl/α,β-unsaturated/α-hetero) is 1. The third kappa shape index (κ3) is 4.74. The summed E-state index contributed by atoms with van der Waals surface area (Å²) < 4.78 is 52.3. The van der Waals surface area contributed by atoms with Crippen molar-refractivity contribution >= 4 is 17.3 Å². The first-order valence-electron chi connectivity index (χ1n) is 17.6. The summed E-state index contributed by atoms with van der Waals surface area (Å²) in [4.78, 5) is 28.2. The maximum absolute atomic E-state index is 17.6. The highest BCUT2D eigenvalue weighted by Gasteiger charge is 2.80. The van der Waals surface area contributed by atoms with Gasteiger partial charge in [-0.25, -0.2) is 8.78 Å². The first-order chi connectivity index (χ1) is 23.6. The molecule has 0 radical (unpaired) electrons. The van der Waals surface area contributed by atoms with Crippen LogP contribution in [-0.2, 0) is 25.5 Å². The van der Waals surface area contributed by atoms with E-state index in [-0.39, 0.29) is 24.8 Å². The number of ether oxygens (including phenoxy) is 3. The van der Waals surface area contributed by atoms with Crippen LogP contribution < -0.4 is 9.64 Å². The lowest BCUT2D eigenvalue weighted by atomic mass is 9.44. The maximum Gasteiger partial charge on any atom is 0.193 e. The Balaban J connectivity index is 1.15. The Labute approximate surface area is 292 Å². The third-order valence-electron chi connectivity index (χ3n) is 13.0. The smallest absolute Gasteiger partial charge is 0.193 e. The van der Waals surface area contributed by atoms with Crippen molar-refractivity contribution in [1.29, 1.82) is 0 Å². The highest BCUT2D eigenvalue weighted by molar-refractivity contribution is 6.01. The van der Waals surface area contributed by atoms with E-state index < -0.39 is 76.8 Å². The topological polar surface area (TPSA) is 106 Å². The Morgan fingerprint density at radius 1 is 1.10 bits per heavy atom. The largest absolute Gasteiger partial charge is 0.495 e. The van der Waals surface area contributed by atoms with E-state index in [0.717, 1.165) is 28.6 Å². The van der Waals surface area contributed by atoms with E-state index in [1.165, 1.54) is 12.2 Å². The van der Waals surface area contributed by atoms with Gasteiger partial charge in [-0.15, -0.1) is 0 Å². The SMILES string of the molecule is COc1cc(Cc2ccc([C@H]3O[C@@H]4C[C@H]5[C@@H]6C[C@H](F)C7=CC(=O)C=C[C@]7(C)[C@@]6(F)[C@@H](O)C[C@]5(C)[C@]4(C(=O)CO)O3)cc2)ccc1N(C)C(C)C. The third-order valence-corrected chi connectivity index (χ3v) is 13.0. The second-order valence-electron chi connectivity index (χ2n) is 15.6. The number of halogens is 2. The summed E-state index contributed by atoms with van der Waals surface area (Å²) in [5, 5.41) is 22.0. The van der Waals surface area contributed by atoms with Crippen LogP contribution in [-0.4, -0.2) is 78.2 Å². The Bertz CT molecular complexity index is 1760. The van der Waals surface area contributed by atoms with Crippen LogP contribution in [0.4, 0.5) is 14.5 Å². The van der Waals surface area contributed by atoms with Crippen LogP contribution in [0.1, 0.15) is 69.9 Å². The zero-order valence-electron chi connectivity index (χ0n) is 29.5. The molecule has 7 rings (SSSR count). The molecule has 4 aliphatic carbocycles. The van der Waals surface area contributed by atoms with Gasteiger partial charge in [-0.3, -0.25) is 9.59 Å². The highest BCUT2D eigenvalue weighted by Crippen LogP contribution is 2.72. The molecule has 8 nitrogen and oxygen atoms in total. The van der Waals surface area contributed by atoms with Gasteiger partial charge in [-0.2, -0.15) is 0 Å². The van der Waals surface area contributed by atoms with Crippen LogP contribution in [0.5, 0.6) is 5.75 Å². The van der Waals surface area contributed by atoms with Gasteiger partial charge in [0.25, 0.3) is 0 Å². The Kier molecular flexibility index (Phi) is 8.45. The minimum absolute atomic E-state index is 0.0386. The predicted molar refractivity (Wildman–Crippen MR) is 183 cm³/mol. The van der Waals surface area contributed by atoms with Gasteiger partial charge >= 0.3 is 0 Å². The van der Waals surface area contributed by atoms with Gasteiger partial charge < -0.3 is 29.3 Å². The van der Waals surface area contributed by atoms with E-state index in [4.69, 9.17) is 14.2 Å². The summed E-state index contributed by atoms with van der Waals surface area (Å²) in [5.74, 6) is -1.82. The number of fused-ring (bicyclic) bond motifs is 7. The van der Waals surface area contributed by atoms with E-state index in [9.17, 15) is 19.8 Å². The molecule has 268 valence electrons. The number of hydrogen-bond acceptors (Lipinski definition) is 8. The summed E-state index contributed by atoms with van der Waals surface area (Å²) >= 11 is 0. The van der Waals surface area contributed by atoms with Crippen LogP contribution in [0.15, 0.2) is 66.3 Å². The minimum Gasteiger partial charge on any atom is -0.495 e. The number of hydrogen-bond donors (Lipinski definition) is 2. The van der Waals surface area contributed by atoms with Crippen molar-refractivity contribution in [3.05, 3.63) is 83.0 Å². The van der Waals surface area contributed by atoms with Crippen LogP contribution >= 0.6 is 0 Å². The molecule has 0 amide bonds. The molecule has 2 aromatic rings. The predicted octanol–water partition coefficient (Wildman–Crippen LogP) is 5.77. The lowest BCUT2D eigenvalue weighted by molar-refractivity contribution is -0.235. The first kappa shape index (κ1) is 35.0. The molecule has 10 heteroatoms. The lowest BCUT2D eigenvalue weighted by Crippen LogP contribution is -2.70. The quantitative estimate of drug-likeness (QED) is 0.360. The number of benzene rings is 2. The molecule has 5 aliphatic rings. The van der Waals surface area contributed by atoms with Crippen LogP contribution in [0.3, 0.4) is 0 Å². The van der Waals surface area contributed by atoms with E-state index in [1.54, 1.807) is 21.0 Å². The van der Waals surface area contributed by atoms with Gasteiger partial charge in [0.05, 0.1) is 25.0 Å². The van der Waals surface area contributed by atoms with Crippen molar-refractivity contribution in [2.75, 3.05) is 25.7 Å². The molecule has 2 aromatic carbocycles. The molecule has 0 aromatic heterocycles. The lowest BCUT2D eigenvalue weighted by Gasteiger charge is -2.63. The fraction of sp³-hybridized carbons (Fsp3) is 0.550. The molecule has 4 fully saturated rings. The Morgan fingerprint density at radius 3 is 2.46 bits per heavy atom. The summed E-state index contributed by atoms with van der Waals surface area (Å²) in [6, 6.07) is 14.2. The van der Waals surface area contributed by atoms with Crippen molar-refractivity contribution in [2.24, 2.45) is 22.7 Å². The first-order valence-corrected chi connectivity index (χ1v) is 17.6. The molecule has 2 N–H and O–H groups in total. The van der Waals surface area contributed by atoms with Gasteiger partial charge in [0.15, 0.2) is 29.1 Å². The fourth-order valence-corrected chi connectivity index (χ4v) is 10.1. The molecule has 50 heavy (non-hydrogen) atoms. The number of alkyl halides is 2. The number of ketones is 2. The number of anilines is 1. The number of rotatable bonds is 8. The highest BCUT2D eigenvalue weighted by atomic mass is 19.1. The zero-order valence-corrected chi connectivity index (χ0v) is 29.5. The average molecular weight is 692 g/mol. The normalized spacial score (nSPS) is 38.6. The van der Waals surface area contributed by atoms with E-state index in [1.807, 2.05) is 37.4 Å². The monoisotopic (exact) mass is 691 g/mol. The van der Waals surface area contributed by atoms with Crippen molar-refractivity contribution in [2.45, 2.75) is 95.4 Å². The number of allylic oxidation sites excluding steroid dienone is 4. The Morgan fingerprint density at radius 2 is 1.80 bits per heavy atom. The molecular weight excluding hydrogens is 644 g/mol. The van der Waals surface area contributed by atoms with Gasteiger partial charge in [0.2, 0.25) is 0 Å². The van der Waals surface area contributed by atoms with E-state index in [2.05, 4.69) is 30.9 Å². The van der Waals surface area contributed by atoms with E-state index >= 15 is 8.78 Å². The summed E-state index contributed by atoms with van der Waals surface area (Å²) in [5.41, 5.74) is -2.84. The minimum atomic E-state index is -2.30. The van der Waals surface area contributed by atoms with Gasteiger partial charge in [-0.1, -0.05) is 43.3 Å². The number of carbonyl (C=O) groups is 2. The number of nitrogens with zero attached hydrogens (tertiary/aromatic N) is 1. The molecule has 1 heterocycles. The van der Waals surface area contributed by atoms with Crippen molar-refractivity contribution in [1.82, 2.24) is 0 Å². The van der Waals surface area contributed by atoms with Crippen LogP contribution in [0, 0.1) is 22.7 Å². The van der Waals surface area contributed by atoms with E-state index in [0.29, 0.717) is 18.0 Å². The summed E-state index contributed by atoms with van der Waals surface area (Å²) in [6.45, 7) is 6.74. The van der Waals surface area contributed by atoms with Crippen molar-refractivity contribution in [3.63, 3.8) is 0 Å². The number of carbonyl (C=O) groups excluding carboxylic acids is 2. The summed E-state index contributed by atoms with van der Waals surface area (Å²) in [7, 11) is 3.70. The number of aliphatic hydroxyl groups excluding tert-OH is 2. The molecular formula is C40H47F2NO7. The van der Waals surface area contributed by atoms with Gasteiger partial charge in [-0.05, 0) is 93.4 Å². The molecule has 0 spiro atoms. The van der Waals surface area contributed by atoms with Crippen molar-refractivity contribution in [3.8, 4) is 5.75 Å². The standard InChI is InChI=1S/C40H47F2NO7/c1-22(2)43(5)31-12-9-24(16-32(31)48-6)15-23-7-10-25(11-8-23)36-49-35-19-27-28-18-30(41)29-17-26(45)13-14-37(29,3)39(28,42)33(46)20-38(27,4)40(35,50-36)34(47)21-44/h7-14,16-17,22,27-28,30,33,35-36,44,46H,15,18-21H2,1-6H3/t27-,28-,30-,33-,35+,36-,37-,38-,39-,40+/m0/s1. The van der Waals surface area contributed by atoms with Crippen LogP contribution in [0.25, 0.3) is 0 Å². The average Bonchev–Trinajstić information content (AvgIpc) is 3.59. The molecule has 1 saturated heterocycles. The Hall–Kier alpha value is -3.44. The second kappa shape index (κ2) is 12.1.